The Morgan fingerprint density at radius 3 is 1.23 bits per heavy atom. The van der Waals surface area contributed by atoms with Crippen LogP contribution >= 0.6 is 38.6 Å². The van der Waals surface area contributed by atoms with E-state index in [1.54, 1.807) is 54.6 Å². The molecule has 30 heteroatoms. The first-order valence-corrected chi connectivity index (χ1v) is 42.2. The van der Waals surface area contributed by atoms with Crippen molar-refractivity contribution >= 4 is 123 Å². The zero-order chi connectivity index (χ0) is 83.3. The number of carboxylic acids is 1. The maximum absolute atomic E-state index is 12.6. The van der Waals surface area contributed by atoms with Gasteiger partial charge in [-0.25, -0.2) is 34.7 Å². The molecule has 0 fully saturated rings. The van der Waals surface area contributed by atoms with Crippen LogP contribution in [0.1, 0.15) is 118 Å². The van der Waals surface area contributed by atoms with Crippen LogP contribution in [0, 0.1) is 13.8 Å². The van der Waals surface area contributed by atoms with Crippen molar-refractivity contribution in [1.82, 2.24) is 68.6 Å². The van der Waals surface area contributed by atoms with Gasteiger partial charge in [-0.05, 0) is 165 Å². The molecule has 20 rings (SSSR count). The lowest BCUT2D eigenvalue weighted by atomic mass is 10.1. The molecule has 27 nitrogen and oxygen atoms in total. The highest BCUT2D eigenvalue weighted by Gasteiger charge is 2.36. The van der Waals surface area contributed by atoms with Crippen LogP contribution in [0.5, 0.6) is 0 Å². The monoisotopic (exact) mass is 1710 g/mol. The molecule has 8 aromatic heterocycles. The number of nitrogens with one attached hydrogen (secondary N) is 2. The maximum atomic E-state index is 12.6. The fourth-order valence-corrected chi connectivity index (χ4v) is 17.3. The summed E-state index contributed by atoms with van der Waals surface area (Å²) >= 11 is 5.84. The predicted octanol–water partition coefficient (Wildman–Crippen LogP) is 12.7. The quantitative estimate of drug-likeness (QED) is 0.0489. The zero-order valence-corrected chi connectivity index (χ0v) is 69.7. The number of imide groups is 2. The summed E-state index contributed by atoms with van der Waals surface area (Å²) in [5.74, 6) is 2.58. The zero-order valence-electron chi connectivity index (χ0n) is 66.5. The number of halogens is 1. The van der Waals surface area contributed by atoms with Crippen molar-refractivity contribution in [2.24, 2.45) is 5.73 Å². The van der Waals surface area contributed by atoms with Crippen LogP contribution in [0.2, 0.25) is 0 Å². The minimum atomic E-state index is -0.997. The Bertz CT molecular complexity index is 5930. The van der Waals surface area contributed by atoms with Crippen molar-refractivity contribution < 1.29 is 33.9 Å². The Morgan fingerprint density at radius 1 is 0.458 bits per heavy atom. The lowest BCUT2D eigenvalue weighted by molar-refractivity contribution is 0.0640. The van der Waals surface area contributed by atoms with Crippen LogP contribution in [0.3, 0.4) is 0 Å². The van der Waals surface area contributed by atoms with Crippen molar-refractivity contribution in [2.45, 2.75) is 91.9 Å². The van der Waals surface area contributed by atoms with Gasteiger partial charge < -0.3 is 65.9 Å². The lowest BCUT2D eigenvalue weighted by Gasteiger charge is -2.29. The van der Waals surface area contributed by atoms with Gasteiger partial charge in [0.05, 0.1) is 59.8 Å². The second-order valence-electron chi connectivity index (χ2n) is 29.5. The van der Waals surface area contributed by atoms with Crippen molar-refractivity contribution in [3.8, 4) is 0 Å². The molecule has 0 radical (unpaired) electrons. The van der Waals surface area contributed by atoms with E-state index in [-0.39, 0.29) is 34.4 Å². The molecule has 0 spiro atoms. The van der Waals surface area contributed by atoms with Gasteiger partial charge in [0.15, 0.2) is 0 Å². The minimum absolute atomic E-state index is 0.140. The molecule has 120 heavy (non-hydrogen) atoms. The molecule has 0 aliphatic carbocycles. The summed E-state index contributed by atoms with van der Waals surface area (Å²) < 4.78 is 9.80. The Kier molecular flexibility index (Phi) is 25.8. The first-order valence-electron chi connectivity index (χ1n) is 39.8. The molecule has 0 saturated carbocycles. The number of carbonyl (C=O) groups excluding carboxylic acids is 5. The highest BCUT2D eigenvalue weighted by atomic mass is 79.9. The molecule has 14 aromatic rings. The van der Waals surface area contributed by atoms with Crippen LogP contribution in [0.15, 0.2) is 224 Å². The second kappa shape index (κ2) is 37.7. The number of aromatic nitrogens is 10. The Balaban J connectivity index is 0.000000116. The third-order valence-corrected chi connectivity index (χ3v) is 24.4. The summed E-state index contributed by atoms with van der Waals surface area (Å²) in [6.45, 7) is 17.3. The van der Waals surface area contributed by atoms with Crippen molar-refractivity contribution in [3.05, 3.63) is 313 Å². The largest absolute Gasteiger partial charge is 0.477 e. The van der Waals surface area contributed by atoms with Gasteiger partial charge in [0, 0.05) is 165 Å². The van der Waals surface area contributed by atoms with Gasteiger partial charge in [0.2, 0.25) is 0 Å². The van der Waals surface area contributed by atoms with Crippen molar-refractivity contribution in [2.75, 3.05) is 78.5 Å². The third kappa shape index (κ3) is 19.1. The van der Waals surface area contributed by atoms with E-state index in [0.717, 1.165) is 169 Å². The van der Waals surface area contributed by atoms with Crippen LogP contribution in [-0.2, 0) is 78.0 Å². The summed E-state index contributed by atoms with van der Waals surface area (Å²) in [7, 11) is 0. The second-order valence-corrected chi connectivity index (χ2v) is 32.4. The number of aromatic carboxylic acids is 1. The van der Waals surface area contributed by atoms with Gasteiger partial charge in [-0.2, -0.15) is 0 Å². The average Bonchev–Trinajstić information content (AvgIpc) is 1.64. The average molecular weight is 1710 g/mol. The predicted molar refractivity (Wildman–Crippen MR) is 472 cm³/mol. The first kappa shape index (κ1) is 82.1. The van der Waals surface area contributed by atoms with E-state index in [2.05, 4.69) is 168 Å². The fourth-order valence-electron chi connectivity index (χ4n) is 15.0. The Labute approximate surface area is 709 Å². The molecular formula is C90H91BrN20O7S2. The van der Waals surface area contributed by atoms with E-state index in [9.17, 15) is 28.8 Å². The van der Waals surface area contributed by atoms with Gasteiger partial charge in [-0.15, -0.1) is 22.7 Å². The fraction of sp³-hybridized carbons (Fsp3) is 0.244. The number of carbonyl (C=O) groups is 6. The number of aryl methyl sites for hydroxylation is 2. The van der Waals surface area contributed by atoms with Crippen LogP contribution in [0.4, 0.5) is 28.4 Å². The number of rotatable bonds is 16. The topological polar surface area (TPSA) is 338 Å². The highest BCUT2D eigenvalue weighted by molar-refractivity contribution is 9.10. The Morgan fingerprint density at radius 2 is 0.825 bits per heavy atom. The van der Waals surface area contributed by atoms with Gasteiger partial charge in [-0.1, -0.05) is 88.7 Å². The third-order valence-electron chi connectivity index (χ3n) is 21.7. The number of thiophene rings is 2. The minimum Gasteiger partial charge on any atom is -0.477 e. The number of hydrogen-bond donors (Lipinski definition) is 6. The van der Waals surface area contributed by atoms with Crippen LogP contribution in [0.25, 0.3) is 20.4 Å². The standard InChI is InChI=1S/C23H24N6OS.C22H20N4O2.C16H12BrNO2.C14H18N4.C9H8N2O2S.C6H9N3/c1-15-2-7-18-20(24)21(31-23(18)27-15)22(30)26-9-8-16-3-5-17(6-4-16)29-13-12-28-11-10-25-19(28)14-29;27-21-18-3-1-2-4-19(18)22(28)26(21)11-9-16-5-7-17(8-6-16)25-14-13-24-12-10-23-20(24)15-25;17-12-7-5-11(6-8-12)9-10-18-15(19)13-3-1-2-4-14(13)16(18)20;15-6-5-12-1-3-13(4-2-12)18-10-9-17-8-7-16-14(17)11-18;1-4-2-3-5-6(10)7(9(12)13)14-8(5)11-4;1-3-9-4-2-8-6(9)5-7-1/h2-7,10-11H,8-9,12-14,24H2,1H3,(H,26,30);1-8,10,12H,9,11,13-15H2;1-8H,9-10H2;1-4,7-8H,5-6,9-11,15H2;2-3H,10H2,1H3,(H,12,13);2,4,7H,1,3,5H2. The molecule has 6 aromatic carbocycles. The van der Waals surface area contributed by atoms with E-state index < -0.39 is 5.97 Å². The summed E-state index contributed by atoms with van der Waals surface area (Å²) in [5, 5.41) is 16.6. The smallest absolute Gasteiger partial charge is 0.348 e. The molecule has 0 saturated heterocycles. The lowest BCUT2D eigenvalue weighted by Crippen LogP contribution is -2.33. The number of anilines is 5. The van der Waals surface area contributed by atoms with Gasteiger partial charge in [-0.3, -0.25) is 33.8 Å². The number of pyridine rings is 2. The van der Waals surface area contributed by atoms with E-state index in [1.165, 1.54) is 49.3 Å². The van der Waals surface area contributed by atoms with Gasteiger partial charge >= 0.3 is 5.97 Å². The highest BCUT2D eigenvalue weighted by Crippen LogP contribution is 2.35. The molecule has 5 amide bonds. The number of nitrogen functional groups attached to an aromatic ring is 2. The summed E-state index contributed by atoms with van der Waals surface area (Å²) in [6.07, 6.45) is 18.6. The summed E-state index contributed by atoms with van der Waals surface area (Å²) in [4.78, 5) is 111. The van der Waals surface area contributed by atoms with Gasteiger partial charge in [0.1, 0.15) is 42.7 Å². The molecule has 0 unspecified atom stereocenters. The summed E-state index contributed by atoms with van der Waals surface area (Å²) in [5.41, 5.74) is 30.4. The molecular weight excluding hydrogens is 1620 g/mol. The number of nitrogens with zero attached hydrogens (tertiary/aromatic N) is 15. The molecule has 6 aliphatic rings. The number of imidazole rings is 4. The maximum Gasteiger partial charge on any atom is 0.348 e. The molecule has 0 bridgehead atoms. The van der Waals surface area contributed by atoms with E-state index in [0.29, 0.717) is 82.4 Å². The number of fused-ring (bicyclic) bond motifs is 8. The molecule has 0 atom stereocenters. The Hall–Kier alpha value is -13.0. The van der Waals surface area contributed by atoms with E-state index >= 15 is 0 Å². The number of hydrogen-bond acceptors (Lipinski definition) is 21. The molecule has 6 aliphatic heterocycles. The molecule has 9 N–H and O–H groups in total. The van der Waals surface area contributed by atoms with E-state index in [4.69, 9.17) is 22.3 Å². The normalized spacial score (nSPS) is 14.2. The SMILES string of the molecule is Cc1ccc2c(N)c(C(=O)NCCc3ccc(N4CCn5ccnc5C4)cc3)sc2n1.Cc1ccc2c(N)c(C(=O)O)sc2n1.NCCc1ccc(N2CCn3ccnc3C2)cc1.O=C1c2ccccc2C(=O)N1CCc1ccc(Br)cc1.O=C1c2ccccc2C(=O)N1CCc1ccc(N2CCn3ccnc3C2)cc1.c1cn2c(n1)CNCC2. The molecule has 14 heterocycles. The number of carboxylic acid groups (broad SMARTS) is 1. The van der Waals surface area contributed by atoms with E-state index in [1.807, 2.05) is 99.7 Å². The first-order chi connectivity index (χ1) is 58.4. The number of nitrogens with two attached hydrogens (primary N) is 3. The summed E-state index contributed by atoms with van der Waals surface area (Å²) in [6, 6.07) is 55.0. The van der Waals surface area contributed by atoms with Crippen molar-refractivity contribution in [3.63, 3.8) is 0 Å². The number of benzene rings is 6. The van der Waals surface area contributed by atoms with Crippen LogP contribution in [-0.4, -0.2) is 151 Å². The van der Waals surface area contributed by atoms with Crippen LogP contribution < -0.4 is 42.5 Å². The number of amides is 5. The van der Waals surface area contributed by atoms with Gasteiger partial charge in [0.25, 0.3) is 29.5 Å². The molecule has 612 valence electrons. The van der Waals surface area contributed by atoms with Crippen molar-refractivity contribution in [1.29, 1.82) is 0 Å².